The number of hydrogen-bond acceptors (Lipinski definition) is 5. The second kappa shape index (κ2) is 10.6. The van der Waals surface area contributed by atoms with Gasteiger partial charge in [0, 0.05) is 11.9 Å². The third-order valence-corrected chi connectivity index (χ3v) is 4.31. The number of aryl methyl sites for hydroxylation is 1. The van der Waals surface area contributed by atoms with E-state index in [0.717, 1.165) is 5.56 Å². The van der Waals surface area contributed by atoms with E-state index in [1.165, 1.54) is 6.20 Å². The van der Waals surface area contributed by atoms with Crippen LogP contribution in [0.15, 0.2) is 66.9 Å². The van der Waals surface area contributed by atoms with E-state index in [1.807, 2.05) is 31.2 Å². The molecule has 0 bridgehead atoms. The summed E-state index contributed by atoms with van der Waals surface area (Å²) in [4.78, 5) is 29.0. The molecule has 0 aliphatic carbocycles. The lowest BCUT2D eigenvalue weighted by atomic mass is 10.2. The van der Waals surface area contributed by atoms with Gasteiger partial charge in [-0.3, -0.25) is 10.1 Å². The highest BCUT2D eigenvalue weighted by atomic mass is 16.5. The van der Waals surface area contributed by atoms with Gasteiger partial charge in [0.25, 0.3) is 5.91 Å². The van der Waals surface area contributed by atoms with Crippen molar-refractivity contribution in [1.29, 1.82) is 0 Å². The number of hydrogen-bond donors (Lipinski definition) is 3. The van der Waals surface area contributed by atoms with Crippen LogP contribution in [-0.2, 0) is 0 Å². The normalized spacial score (nSPS) is 10.1. The van der Waals surface area contributed by atoms with E-state index in [1.54, 1.807) is 43.5 Å². The molecular weight excluding hydrogens is 396 g/mol. The maximum atomic E-state index is 12.6. The molecule has 0 radical (unpaired) electrons. The summed E-state index contributed by atoms with van der Waals surface area (Å²) < 4.78 is 10.9. The first kappa shape index (κ1) is 21.6. The molecule has 0 spiro atoms. The summed E-state index contributed by atoms with van der Waals surface area (Å²) in [7, 11) is 1.57. The molecule has 0 aliphatic rings. The summed E-state index contributed by atoms with van der Waals surface area (Å²) in [5, 5.41) is 8.09. The Morgan fingerprint density at radius 2 is 1.68 bits per heavy atom. The summed E-state index contributed by atoms with van der Waals surface area (Å²) in [6.45, 7) is 2.48. The Morgan fingerprint density at radius 3 is 2.42 bits per heavy atom. The Morgan fingerprint density at radius 1 is 0.935 bits per heavy atom. The van der Waals surface area contributed by atoms with E-state index in [2.05, 4.69) is 20.9 Å². The molecule has 2 aromatic carbocycles. The highest BCUT2D eigenvalue weighted by molar-refractivity contribution is 6.05. The average molecular weight is 420 g/mol. The van der Waals surface area contributed by atoms with E-state index >= 15 is 0 Å². The Kier molecular flexibility index (Phi) is 7.42. The zero-order valence-corrected chi connectivity index (χ0v) is 17.3. The van der Waals surface area contributed by atoms with Crippen LogP contribution in [0.3, 0.4) is 0 Å². The number of ether oxygens (including phenoxy) is 2. The first-order chi connectivity index (χ1) is 15.1. The number of methoxy groups -OCH3 is 1. The second-order valence-electron chi connectivity index (χ2n) is 6.60. The molecule has 0 saturated carbocycles. The molecule has 160 valence electrons. The summed E-state index contributed by atoms with van der Waals surface area (Å²) in [6, 6.07) is 17.4. The molecule has 0 atom stereocenters. The number of pyridine rings is 1. The molecule has 3 amide bonds. The van der Waals surface area contributed by atoms with Crippen LogP contribution in [0, 0.1) is 6.92 Å². The molecule has 8 heteroatoms. The minimum absolute atomic E-state index is 0.162. The predicted octanol–water partition coefficient (Wildman–Crippen LogP) is 3.85. The van der Waals surface area contributed by atoms with Crippen LogP contribution in [-0.4, -0.2) is 37.2 Å². The van der Waals surface area contributed by atoms with Gasteiger partial charge in [0.1, 0.15) is 12.4 Å². The third kappa shape index (κ3) is 6.20. The smallest absolute Gasteiger partial charge is 0.324 e. The number of nitrogens with one attached hydrogen (secondary N) is 3. The highest BCUT2D eigenvalue weighted by Crippen LogP contribution is 2.25. The van der Waals surface area contributed by atoms with Gasteiger partial charge >= 0.3 is 6.03 Å². The lowest BCUT2D eigenvalue weighted by Crippen LogP contribution is -2.30. The first-order valence-corrected chi connectivity index (χ1v) is 9.70. The molecular formula is C23H24N4O4. The van der Waals surface area contributed by atoms with E-state index in [9.17, 15) is 9.59 Å². The quantitative estimate of drug-likeness (QED) is 0.481. The van der Waals surface area contributed by atoms with Crippen molar-refractivity contribution in [2.45, 2.75) is 6.92 Å². The summed E-state index contributed by atoms with van der Waals surface area (Å²) in [5.74, 6) is 1.00. The number of anilines is 2. The molecule has 0 saturated heterocycles. The van der Waals surface area contributed by atoms with Gasteiger partial charge in [-0.1, -0.05) is 29.8 Å². The fourth-order valence-corrected chi connectivity index (χ4v) is 2.75. The average Bonchev–Trinajstić information content (AvgIpc) is 2.78. The Bertz CT molecular complexity index is 1040. The van der Waals surface area contributed by atoms with Crippen LogP contribution < -0.4 is 25.4 Å². The lowest BCUT2D eigenvalue weighted by molar-refractivity contribution is 0.0947. The third-order valence-electron chi connectivity index (χ3n) is 4.31. The van der Waals surface area contributed by atoms with E-state index in [0.29, 0.717) is 17.2 Å². The van der Waals surface area contributed by atoms with E-state index in [-0.39, 0.29) is 30.4 Å². The van der Waals surface area contributed by atoms with Gasteiger partial charge in [-0.25, -0.2) is 9.78 Å². The Hall–Kier alpha value is -4.07. The number of amides is 3. The molecule has 3 N–H and O–H groups in total. The predicted molar refractivity (Wildman–Crippen MR) is 119 cm³/mol. The van der Waals surface area contributed by atoms with Crippen LogP contribution in [0.2, 0.25) is 0 Å². The van der Waals surface area contributed by atoms with Crippen molar-refractivity contribution in [3.8, 4) is 11.5 Å². The molecule has 0 unspecified atom stereocenters. The monoisotopic (exact) mass is 420 g/mol. The van der Waals surface area contributed by atoms with Crippen LogP contribution in [0.5, 0.6) is 11.5 Å². The number of urea groups is 1. The second-order valence-corrected chi connectivity index (χ2v) is 6.60. The van der Waals surface area contributed by atoms with Crippen LogP contribution in [0.1, 0.15) is 15.9 Å². The van der Waals surface area contributed by atoms with Crippen molar-refractivity contribution in [3.05, 3.63) is 78.0 Å². The van der Waals surface area contributed by atoms with Crippen LogP contribution in [0.4, 0.5) is 16.3 Å². The Balaban J connectivity index is 1.54. The summed E-state index contributed by atoms with van der Waals surface area (Å²) in [6.07, 6.45) is 1.50. The number of carbonyl (C=O) groups is 2. The zero-order valence-electron chi connectivity index (χ0n) is 17.3. The minimum atomic E-state index is -0.490. The molecule has 1 heterocycles. The van der Waals surface area contributed by atoms with E-state index < -0.39 is 6.03 Å². The highest BCUT2D eigenvalue weighted by Gasteiger charge is 2.14. The van der Waals surface area contributed by atoms with Crippen molar-refractivity contribution in [1.82, 2.24) is 10.3 Å². The lowest BCUT2D eigenvalue weighted by Gasteiger charge is -2.13. The topological polar surface area (TPSA) is 102 Å². The van der Waals surface area contributed by atoms with E-state index in [4.69, 9.17) is 9.47 Å². The van der Waals surface area contributed by atoms with Crippen molar-refractivity contribution in [2.24, 2.45) is 0 Å². The van der Waals surface area contributed by atoms with Crippen molar-refractivity contribution < 1.29 is 19.1 Å². The number of para-hydroxylation sites is 2. The largest absolute Gasteiger partial charge is 0.493 e. The number of rotatable bonds is 8. The molecule has 31 heavy (non-hydrogen) atoms. The maximum Gasteiger partial charge on any atom is 0.324 e. The van der Waals surface area contributed by atoms with Gasteiger partial charge in [-0.15, -0.1) is 0 Å². The fourth-order valence-electron chi connectivity index (χ4n) is 2.75. The number of carbonyl (C=O) groups excluding carboxylic acids is 2. The van der Waals surface area contributed by atoms with Gasteiger partial charge in [-0.2, -0.15) is 0 Å². The van der Waals surface area contributed by atoms with Crippen LogP contribution >= 0.6 is 0 Å². The molecule has 1 aromatic heterocycles. The summed E-state index contributed by atoms with van der Waals surface area (Å²) >= 11 is 0. The Labute approximate surface area is 180 Å². The van der Waals surface area contributed by atoms with Crippen molar-refractivity contribution in [2.75, 3.05) is 30.9 Å². The summed E-state index contributed by atoms with van der Waals surface area (Å²) in [5.41, 5.74) is 1.97. The van der Waals surface area contributed by atoms with Crippen LogP contribution in [0.25, 0.3) is 0 Å². The standard InChI is InChI=1S/C23H24N4O4/c1-16-9-11-17(12-10-16)26-23(29)27-21-18(6-5-13-24-21)22(28)25-14-15-31-20-8-4-3-7-19(20)30-2/h3-13H,14-15H2,1-2H3,(H,25,28)(H2,24,26,27,29). The number of aromatic nitrogens is 1. The molecule has 0 aliphatic heterocycles. The van der Waals surface area contributed by atoms with Crippen molar-refractivity contribution >= 4 is 23.4 Å². The maximum absolute atomic E-state index is 12.6. The number of nitrogens with zero attached hydrogens (tertiary/aromatic N) is 1. The van der Waals surface area contributed by atoms with Gasteiger partial charge in [0.2, 0.25) is 0 Å². The van der Waals surface area contributed by atoms with Gasteiger partial charge in [-0.05, 0) is 43.3 Å². The number of benzene rings is 2. The molecule has 8 nitrogen and oxygen atoms in total. The first-order valence-electron chi connectivity index (χ1n) is 9.70. The van der Waals surface area contributed by atoms with Gasteiger partial charge < -0.3 is 20.1 Å². The molecule has 3 aromatic rings. The van der Waals surface area contributed by atoms with Gasteiger partial charge in [0.15, 0.2) is 11.5 Å². The van der Waals surface area contributed by atoms with Crippen molar-refractivity contribution in [3.63, 3.8) is 0 Å². The SMILES string of the molecule is COc1ccccc1OCCNC(=O)c1cccnc1NC(=O)Nc1ccc(C)cc1. The zero-order chi connectivity index (χ0) is 22.1. The minimum Gasteiger partial charge on any atom is -0.493 e. The fraction of sp³-hybridized carbons (Fsp3) is 0.174. The van der Waals surface area contributed by atoms with Gasteiger partial charge in [0.05, 0.1) is 19.2 Å². The molecule has 3 rings (SSSR count). The molecule has 0 fully saturated rings.